The molecule has 1 aliphatic rings. The van der Waals surface area contributed by atoms with Gasteiger partial charge in [0.1, 0.15) is 17.7 Å². The monoisotopic (exact) mass is 497 g/mol. The number of hydrogen-bond acceptors (Lipinski definition) is 7. The lowest BCUT2D eigenvalue weighted by Crippen LogP contribution is -2.47. The Kier molecular flexibility index (Phi) is 5.99. The smallest absolute Gasteiger partial charge is 0.225 e. The fourth-order valence-electron chi connectivity index (χ4n) is 5.04. The number of benzene rings is 1. The Bertz CT molecular complexity index is 1500. The number of anilines is 2. The van der Waals surface area contributed by atoms with E-state index in [1.54, 1.807) is 11.0 Å². The maximum Gasteiger partial charge on any atom is 0.225 e. The second-order valence-electron chi connectivity index (χ2n) is 9.35. The van der Waals surface area contributed by atoms with E-state index in [0.29, 0.717) is 0 Å². The molecule has 10 heteroatoms. The summed E-state index contributed by atoms with van der Waals surface area (Å²) in [4.78, 5) is 18.5. The van der Waals surface area contributed by atoms with Gasteiger partial charge in [0.2, 0.25) is 5.95 Å². The summed E-state index contributed by atoms with van der Waals surface area (Å²) in [5.41, 5.74) is 5.20. The highest BCUT2D eigenvalue weighted by molar-refractivity contribution is 5.77. The lowest BCUT2D eigenvalue weighted by Gasteiger charge is -2.35. The molecule has 1 atom stereocenters. The third-order valence-corrected chi connectivity index (χ3v) is 7.03. The maximum atomic E-state index is 13.4. The lowest BCUT2D eigenvalue weighted by atomic mass is 9.91. The summed E-state index contributed by atoms with van der Waals surface area (Å²) in [5.74, 6) is 1.57. The van der Waals surface area contributed by atoms with E-state index < -0.39 is 0 Å². The molecule has 188 valence electrons. The van der Waals surface area contributed by atoms with Crippen LogP contribution in [0.2, 0.25) is 0 Å². The molecule has 37 heavy (non-hydrogen) atoms. The van der Waals surface area contributed by atoms with E-state index in [4.69, 9.17) is 0 Å². The predicted molar refractivity (Wildman–Crippen MR) is 140 cm³/mol. The van der Waals surface area contributed by atoms with E-state index in [-0.39, 0.29) is 11.7 Å². The van der Waals surface area contributed by atoms with E-state index in [1.165, 1.54) is 12.1 Å². The molecule has 0 radical (unpaired) electrons. The number of halogens is 1. The minimum absolute atomic E-state index is 0.144. The quantitative estimate of drug-likeness (QED) is 0.352. The van der Waals surface area contributed by atoms with Gasteiger partial charge in [-0.3, -0.25) is 4.68 Å². The van der Waals surface area contributed by atoms with E-state index in [1.807, 2.05) is 54.7 Å². The van der Waals surface area contributed by atoms with E-state index in [9.17, 15) is 4.39 Å². The van der Waals surface area contributed by atoms with Crippen molar-refractivity contribution in [3.8, 4) is 11.1 Å². The van der Waals surface area contributed by atoms with Gasteiger partial charge in [-0.1, -0.05) is 19.1 Å². The topological polar surface area (TPSA) is 80.3 Å². The largest absolute Gasteiger partial charge is 0.351 e. The molecule has 1 aromatic carbocycles. The van der Waals surface area contributed by atoms with Crippen LogP contribution in [0.25, 0.3) is 16.6 Å². The third kappa shape index (κ3) is 4.50. The van der Waals surface area contributed by atoms with Gasteiger partial charge in [-0.2, -0.15) is 10.2 Å². The molecule has 5 aromatic rings. The van der Waals surface area contributed by atoms with E-state index >= 15 is 0 Å². The molecule has 1 aliphatic heterocycles. The van der Waals surface area contributed by atoms with Crippen LogP contribution in [0.5, 0.6) is 0 Å². The molecule has 5 heterocycles. The number of aryl methyl sites for hydroxylation is 1. The van der Waals surface area contributed by atoms with Crippen molar-refractivity contribution < 1.29 is 4.39 Å². The van der Waals surface area contributed by atoms with Gasteiger partial charge in [0.15, 0.2) is 5.82 Å². The fraction of sp³-hybridized carbons (Fsp3) is 0.296. The van der Waals surface area contributed by atoms with Crippen molar-refractivity contribution in [2.45, 2.75) is 19.3 Å². The first-order valence-corrected chi connectivity index (χ1v) is 12.5. The van der Waals surface area contributed by atoms with Crippen molar-refractivity contribution in [2.24, 2.45) is 7.05 Å². The Labute approximate surface area is 214 Å². The predicted octanol–water partition coefficient (Wildman–Crippen LogP) is 3.93. The minimum atomic E-state index is -0.224. The number of fused-ring (bicyclic) bond motifs is 1. The van der Waals surface area contributed by atoms with E-state index in [0.717, 1.165) is 72.1 Å². The van der Waals surface area contributed by atoms with Crippen molar-refractivity contribution in [1.82, 2.24) is 34.3 Å². The van der Waals surface area contributed by atoms with E-state index in [2.05, 4.69) is 47.9 Å². The minimum Gasteiger partial charge on any atom is -0.351 e. The first-order valence-electron chi connectivity index (χ1n) is 12.5. The lowest BCUT2D eigenvalue weighted by molar-refractivity contribution is 0.625. The summed E-state index contributed by atoms with van der Waals surface area (Å²) in [6.07, 6.45) is 12.2. The van der Waals surface area contributed by atoms with Crippen LogP contribution in [-0.4, -0.2) is 60.5 Å². The number of hydrogen-bond donors (Lipinski definition) is 0. The van der Waals surface area contributed by atoms with Gasteiger partial charge in [-0.15, -0.1) is 0 Å². The van der Waals surface area contributed by atoms with Gasteiger partial charge < -0.3 is 9.80 Å². The molecule has 0 aliphatic carbocycles. The van der Waals surface area contributed by atoms with Crippen molar-refractivity contribution in [3.05, 3.63) is 84.6 Å². The van der Waals surface area contributed by atoms with Crippen LogP contribution in [-0.2, 0) is 7.05 Å². The zero-order chi connectivity index (χ0) is 25.4. The Balaban J connectivity index is 1.16. The molecule has 4 aromatic heterocycles. The molecule has 6 rings (SSSR count). The standard InChI is InChI=1S/C27H28FN9/c1-3-24(19-4-6-23(28)7-5-19)21-13-29-27(30-14-21)36-10-8-35(9-11-36)26-25-12-20(17-37(25)33-18-31-26)22-15-32-34(2)16-22/h4-7,12-18,24H,3,8-11H2,1-2H3/t24-/m1/s1. The van der Waals surface area contributed by atoms with Crippen LogP contribution in [0.3, 0.4) is 0 Å². The Hall–Kier alpha value is -4.34. The normalized spacial score (nSPS) is 14.9. The first kappa shape index (κ1) is 23.1. The fourth-order valence-corrected chi connectivity index (χ4v) is 5.04. The molecule has 0 N–H and O–H groups in total. The number of rotatable bonds is 6. The molecule has 0 amide bonds. The highest BCUT2D eigenvalue weighted by Gasteiger charge is 2.23. The third-order valence-electron chi connectivity index (χ3n) is 7.03. The summed E-state index contributed by atoms with van der Waals surface area (Å²) in [6, 6.07) is 8.81. The summed E-state index contributed by atoms with van der Waals surface area (Å²) in [6.45, 7) is 5.31. The van der Waals surface area contributed by atoms with Crippen LogP contribution in [0.15, 0.2) is 67.6 Å². The van der Waals surface area contributed by atoms with Gasteiger partial charge in [0.05, 0.1) is 6.20 Å². The zero-order valence-corrected chi connectivity index (χ0v) is 20.9. The number of piperazine rings is 1. The van der Waals surface area contributed by atoms with Gasteiger partial charge in [-0.05, 0) is 35.7 Å². The molecule has 0 saturated carbocycles. The summed E-state index contributed by atoms with van der Waals surface area (Å²) < 4.78 is 17.0. The van der Waals surface area contributed by atoms with Crippen LogP contribution in [0, 0.1) is 5.82 Å². The summed E-state index contributed by atoms with van der Waals surface area (Å²) in [7, 11) is 1.91. The van der Waals surface area contributed by atoms with Gasteiger partial charge in [-0.25, -0.2) is 23.9 Å². The molecule has 1 saturated heterocycles. The molecule has 9 nitrogen and oxygen atoms in total. The molecular formula is C27H28FN9. The first-order chi connectivity index (χ1) is 18.1. The van der Waals surface area contributed by atoms with Crippen molar-refractivity contribution >= 4 is 17.3 Å². The van der Waals surface area contributed by atoms with Crippen LogP contribution in [0.1, 0.15) is 30.4 Å². The zero-order valence-electron chi connectivity index (χ0n) is 20.9. The molecular weight excluding hydrogens is 469 g/mol. The SMILES string of the molecule is CC[C@H](c1ccc(F)cc1)c1cnc(N2CCN(c3ncnn4cc(-c5cnn(C)c5)cc34)CC2)nc1. The molecule has 0 bridgehead atoms. The Morgan fingerprint density at radius 3 is 2.24 bits per heavy atom. The van der Waals surface area contributed by atoms with Crippen LogP contribution < -0.4 is 9.80 Å². The van der Waals surface area contributed by atoms with Crippen molar-refractivity contribution in [2.75, 3.05) is 36.0 Å². The number of nitrogens with zero attached hydrogens (tertiary/aromatic N) is 9. The Morgan fingerprint density at radius 2 is 1.57 bits per heavy atom. The van der Waals surface area contributed by atoms with Crippen LogP contribution >= 0.6 is 0 Å². The molecule has 0 unspecified atom stereocenters. The average Bonchev–Trinajstić information content (AvgIpc) is 3.57. The maximum absolute atomic E-state index is 13.4. The molecule has 1 fully saturated rings. The molecule has 0 spiro atoms. The second kappa shape index (κ2) is 9.61. The highest BCUT2D eigenvalue weighted by Crippen LogP contribution is 2.29. The van der Waals surface area contributed by atoms with Gasteiger partial charge in [0.25, 0.3) is 0 Å². The van der Waals surface area contributed by atoms with Crippen LogP contribution in [0.4, 0.5) is 16.2 Å². The summed E-state index contributed by atoms with van der Waals surface area (Å²) >= 11 is 0. The van der Waals surface area contributed by atoms with Gasteiger partial charge >= 0.3 is 0 Å². The highest BCUT2D eigenvalue weighted by atomic mass is 19.1. The van der Waals surface area contributed by atoms with Crippen molar-refractivity contribution in [3.63, 3.8) is 0 Å². The summed E-state index contributed by atoms with van der Waals surface area (Å²) in [5, 5.41) is 8.69. The Morgan fingerprint density at radius 1 is 0.838 bits per heavy atom. The second-order valence-corrected chi connectivity index (χ2v) is 9.35. The van der Waals surface area contributed by atoms with Crippen molar-refractivity contribution in [1.29, 1.82) is 0 Å². The van der Waals surface area contributed by atoms with Gasteiger partial charge in [0, 0.05) is 75.1 Å². The average molecular weight is 498 g/mol. The number of aromatic nitrogens is 7.